The zero-order valence-electron chi connectivity index (χ0n) is 16.5. The van der Waals surface area contributed by atoms with E-state index in [9.17, 15) is 14.7 Å². The molecule has 5 nitrogen and oxygen atoms in total. The zero-order valence-corrected chi connectivity index (χ0v) is 16.5. The molecule has 1 N–H and O–H groups in total. The highest BCUT2D eigenvalue weighted by atomic mass is 16.5. The Kier molecular flexibility index (Phi) is 5.84. The summed E-state index contributed by atoms with van der Waals surface area (Å²) in [6.45, 7) is 2.07. The summed E-state index contributed by atoms with van der Waals surface area (Å²) in [4.78, 5) is 26.4. The molecule has 0 bridgehead atoms. The van der Waals surface area contributed by atoms with Crippen LogP contribution in [0.3, 0.4) is 0 Å². The summed E-state index contributed by atoms with van der Waals surface area (Å²) in [7, 11) is 0. The normalized spacial score (nSPS) is 17.2. The number of para-hydroxylation sites is 1. The summed E-state index contributed by atoms with van der Waals surface area (Å²) in [5.41, 5.74) is 1.90. The molecule has 0 atom stereocenters. The number of aromatic carboxylic acids is 1. The van der Waals surface area contributed by atoms with Crippen molar-refractivity contribution in [3.8, 4) is 5.75 Å². The highest BCUT2D eigenvalue weighted by Gasteiger charge is 2.27. The van der Waals surface area contributed by atoms with Gasteiger partial charge in [0.1, 0.15) is 5.75 Å². The number of carbonyl (C=O) groups is 2. The summed E-state index contributed by atoms with van der Waals surface area (Å²) in [5.74, 6) is 0.863. The number of carbonyl (C=O) groups excluding carboxylic acids is 1. The third-order valence-electron chi connectivity index (χ3n) is 5.95. The highest BCUT2D eigenvalue weighted by Crippen LogP contribution is 2.31. The molecule has 2 aromatic rings. The van der Waals surface area contributed by atoms with Crippen LogP contribution in [0.25, 0.3) is 0 Å². The minimum absolute atomic E-state index is 0.0285. The highest BCUT2D eigenvalue weighted by molar-refractivity contribution is 5.97. The van der Waals surface area contributed by atoms with Gasteiger partial charge in [-0.1, -0.05) is 30.3 Å². The molecule has 0 unspecified atom stereocenters. The van der Waals surface area contributed by atoms with E-state index in [2.05, 4.69) is 0 Å². The SMILES string of the molecule is O=C(O)c1ccccc1CC1CCN(C(=O)c2ccccc2OCC2CC2)CC1. The second-order valence-corrected chi connectivity index (χ2v) is 8.15. The van der Waals surface area contributed by atoms with Gasteiger partial charge in [0.15, 0.2) is 0 Å². The number of ether oxygens (including phenoxy) is 1. The number of piperidine rings is 1. The van der Waals surface area contributed by atoms with E-state index in [1.54, 1.807) is 12.1 Å². The van der Waals surface area contributed by atoms with Gasteiger partial charge in [-0.05, 0) is 67.7 Å². The molecule has 0 aromatic heterocycles. The van der Waals surface area contributed by atoms with Crippen molar-refractivity contribution in [3.63, 3.8) is 0 Å². The monoisotopic (exact) mass is 393 g/mol. The third-order valence-corrected chi connectivity index (χ3v) is 5.95. The van der Waals surface area contributed by atoms with Gasteiger partial charge in [-0.3, -0.25) is 4.79 Å². The number of carboxylic acids is 1. The maximum atomic E-state index is 13.1. The van der Waals surface area contributed by atoms with Gasteiger partial charge in [0.25, 0.3) is 5.91 Å². The van der Waals surface area contributed by atoms with Crippen molar-refractivity contribution in [1.82, 2.24) is 4.90 Å². The van der Waals surface area contributed by atoms with Crippen molar-refractivity contribution in [1.29, 1.82) is 0 Å². The summed E-state index contributed by atoms with van der Waals surface area (Å²) >= 11 is 0. The molecule has 152 valence electrons. The number of amides is 1. The van der Waals surface area contributed by atoms with E-state index in [1.807, 2.05) is 41.3 Å². The average molecular weight is 393 g/mol. The fourth-order valence-electron chi connectivity index (χ4n) is 3.99. The molecule has 1 heterocycles. The minimum Gasteiger partial charge on any atom is -0.492 e. The number of hydrogen-bond acceptors (Lipinski definition) is 3. The van der Waals surface area contributed by atoms with Gasteiger partial charge in [-0.2, -0.15) is 0 Å². The van der Waals surface area contributed by atoms with Crippen LogP contribution in [0.5, 0.6) is 5.75 Å². The van der Waals surface area contributed by atoms with Gasteiger partial charge in [0, 0.05) is 13.1 Å². The lowest BCUT2D eigenvalue weighted by Crippen LogP contribution is -2.39. The Morgan fingerprint density at radius 2 is 1.55 bits per heavy atom. The smallest absolute Gasteiger partial charge is 0.335 e. The first kappa shape index (κ1) is 19.5. The maximum absolute atomic E-state index is 13.1. The fourth-order valence-corrected chi connectivity index (χ4v) is 3.99. The molecule has 5 heteroatoms. The van der Waals surface area contributed by atoms with Gasteiger partial charge in [-0.15, -0.1) is 0 Å². The van der Waals surface area contributed by atoms with E-state index in [0.717, 1.165) is 24.8 Å². The van der Waals surface area contributed by atoms with Crippen LogP contribution in [0, 0.1) is 11.8 Å². The summed E-state index contributed by atoms with van der Waals surface area (Å²) in [6, 6.07) is 14.7. The largest absolute Gasteiger partial charge is 0.492 e. The second-order valence-electron chi connectivity index (χ2n) is 8.15. The van der Waals surface area contributed by atoms with Gasteiger partial charge in [-0.25, -0.2) is 4.79 Å². The molecular formula is C24H27NO4. The molecule has 1 aliphatic carbocycles. The van der Waals surface area contributed by atoms with Crippen LogP contribution in [0.4, 0.5) is 0 Å². The lowest BCUT2D eigenvalue weighted by molar-refractivity contribution is 0.0686. The van der Waals surface area contributed by atoms with E-state index < -0.39 is 5.97 Å². The molecule has 1 saturated carbocycles. The number of nitrogens with zero attached hydrogens (tertiary/aromatic N) is 1. The number of hydrogen-bond donors (Lipinski definition) is 1. The van der Waals surface area contributed by atoms with Gasteiger partial charge >= 0.3 is 5.97 Å². The molecule has 1 saturated heterocycles. The predicted octanol–water partition coefficient (Wildman–Crippen LogP) is 4.27. The summed E-state index contributed by atoms with van der Waals surface area (Å²) in [6.07, 6.45) is 4.93. The van der Waals surface area contributed by atoms with E-state index in [4.69, 9.17) is 4.74 Å². The lowest BCUT2D eigenvalue weighted by atomic mass is 9.88. The van der Waals surface area contributed by atoms with Crippen molar-refractivity contribution in [2.75, 3.05) is 19.7 Å². The zero-order chi connectivity index (χ0) is 20.2. The second kappa shape index (κ2) is 8.68. The van der Waals surface area contributed by atoms with Crippen LogP contribution in [0.1, 0.15) is 52.0 Å². The molecule has 0 radical (unpaired) electrons. The number of benzene rings is 2. The molecule has 0 spiro atoms. The minimum atomic E-state index is -0.879. The predicted molar refractivity (Wildman–Crippen MR) is 110 cm³/mol. The molecule has 1 amide bonds. The Morgan fingerprint density at radius 3 is 2.24 bits per heavy atom. The van der Waals surface area contributed by atoms with E-state index in [0.29, 0.717) is 48.4 Å². The van der Waals surface area contributed by atoms with Crippen LogP contribution in [-0.2, 0) is 6.42 Å². The molecule has 2 aromatic carbocycles. The molecular weight excluding hydrogens is 366 g/mol. The Bertz CT molecular complexity index is 882. The van der Waals surface area contributed by atoms with Crippen molar-refractivity contribution < 1.29 is 19.4 Å². The maximum Gasteiger partial charge on any atom is 0.335 e. The van der Waals surface area contributed by atoms with Gasteiger partial charge < -0.3 is 14.7 Å². The Morgan fingerprint density at radius 1 is 0.897 bits per heavy atom. The first-order chi connectivity index (χ1) is 14.1. The summed E-state index contributed by atoms with van der Waals surface area (Å²) < 4.78 is 5.91. The topological polar surface area (TPSA) is 66.8 Å². The molecule has 29 heavy (non-hydrogen) atoms. The fraction of sp³-hybridized carbons (Fsp3) is 0.417. The first-order valence-electron chi connectivity index (χ1n) is 10.4. The first-order valence-corrected chi connectivity index (χ1v) is 10.4. The van der Waals surface area contributed by atoms with Crippen LogP contribution >= 0.6 is 0 Å². The van der Waals surface area contributed by atoms with Gasteiger partial charge in [0.05, 0.1) is 17.7 Å². The molecule has 4 rings (SSSR count). The third kappa shape index (κ3) is 4.78. The van der Waals surface area contributed by atoms with Crippen molar-refractivity contribution in [2.24, 2.45) is 11.8 Å². The van der Waals surface area contributed by atoms with Crippen LogP contribution in [-0.4, -0.2) is 41.6 Å². The Balaban J connectivity index is 1.36. The van der Waals surface area contributed by atoms with Crippen molar-refractivity contribution >= 4 is 11.9 Å². The lowest BCUT2D eigenvalue weighted by Gasteiger charge is -2.32. The molecule has 1 aliphatic heterocycles. The molecule has 2 aliphatic rings. The number of rotatable bonds is 7. The van der Waals surface area contributed by atoms with E-state index >= 15 is 0 Å². The number of likely N-dealkylation sites (tertiary alicyclic amines) is 1. The Labute approximate surface area is 171 Å². The number of carboxylic acid groups (broad SMARTS) is 1. The summed E-state index contributed by atoms with van der Waals surface area (Å²) in [5, 5.41) is 9.38. The van der Waals surface area contributed by atoms with Gasteiger partial charge in [0.2, 0.25) is 0 Å². The Hall–Kier alpha value is -2.82. The van der Waals surface area contributed by atoms with Crippen molar-refractivity contribution in [2.45, 2.75) is 32.1 Å². The van der Waals surface area contributed by atoms with Crippen LogP contribution < -0.4 is 4.74 Å². The average Bonchev–Trinajstić information content (AvgIpc) is 3.57. The van der Waals surface area contributed by atoms with E-state index in [-0.39, 0.29) is 5.91 Å². The molecule has 2 fully saturated rings. The quantitative estimate of drug-likeness (QED) is 0.763. The van der Waals surface area contributed by atoms with Crippen LogP contribution in [0.15, 0.2) is 48.5 Å². The van der Waals surface area contributed by atoms with E-state index in [1.165, 1.54) is 12.8 Å². The van der Waals surface area contributed by atoms with Crippen molar-refractivity contribution in [3.05, 3.63) is 65.2 Å². The standard InChI is InChI=1S/C24H27NO4/c26-23(21-7-3-4-8-22(21)29-16-18-9-10-18)25-13-11-17(12-14-25)15-19-5-1-2-6-20(19)24(27)28/h1-8,17-18H,9-16H2,(H,27,28). The van der Waals surface area contributed by atoms with Crippen LogP contribution in [0.2, 0.25) is 0 Å².